The molecule has 0 bridgehead atoms. The zero-order chi connectivity index (χ0) is 9.31. The van der Waals surface area contributed by atoms with Crippen molar-refractivity contribution in [3.8, 4) is 0 Å². The molecule has 3 heteroatoms. The molecule has 1 aliphatic heterocycles. The second-order valence-electron chi connectivity index (χ2n) is 4.40. The number of esters is 1. The van der Waals surface area contributed by atoms with Crippen molar-refractivity contribution in [2.45, 2.75) is 38.1 Å². The first-order valence-corrected chi connectivity index (χ1v) is 5.13. The minimum absolute atomic E-state index is 0.0770. The first kappa shape index (κ1) is 9.00. The molecule has 0 spiro atoms. The third-order valence-corrected chi connectivity index (χ3v) is 3.29. The molecule has 2 aliphatic rings. The molecule has 2 rings (SSSR count). The predicted octanol–water partition coefficient (Wildman–Crippen LogP) is 1.08. The van der Waals surface area contributed by atoms with Gasteiger partial charge >= 0.3 is 5.97 Å². The summed E-state index contributed by atoms with van der Waals surface area (Å²) in [4.78, 5) is 11.3. The fourth-order valence-corrected chi connectivity index (χ4v) is 1.84. The molecular weight excluding hydrogens is 166 g/mol. The van der Waals surface area contributed by atoms with Crippen LogP contribution in [0.2, 0.25) is 0 Å². The van der Waals surface area contributed by atoms with Crippen molar-refractivity contribution in [3.05, 3.63) is 0 Å². The molecular formula is C10H17NO2. The molecule has 0 radical (unpaired) electrons. The van der Waals surface area contributed by atoms with Gasteiger partial charge in [-0.25, -0.2) is 0 Å². The molecule has 74 valence electrons. The van der Waals surface area contributed by atoms with E-state index in [1.54, 1.807) is 0 Å². The van der Waals surface area contributed by atoms with E-state index in [0.717, 1.165) is 18.9 Å². The van der Waals surface area contributed by atoms with Crippen molar-refractivity contribution in [3.63, 3.8) is 0 Å². The Labute approximate surface area is 78.8 Å². The lowest BCUT2D eigenvalue weighted by Gasteiger charge is -2.29. The largest absolute Gasteiger partial charge is 0.464 e. The molecule has 1 saturated heterocycles. The van der Waals surface area contributed by atoms with Crippen LogP contribution in [0.4, 0.5) is 0 Å². The lowest BCUT2D eigenvalue weighted by molar-refractivity contribution is -0.143. The number of carbonyl (C=O) groups excluding carboxylic acids is 1. The summed E-state index contributed by atoms with van der Waals surface area (Å²) in [5, 5.41) is 3.34. The third-order valence-electron chi connectivity index (χ3n) is 3.29. The van der Waals surface area contributed by atoms with Crippen molar-refractivity contribution in [2.75, 3.05) is 13.2 Å². The van der Waals surface area contributed by atoms with Crippen LogP contribution in [0.15, 0.2) is 0 Å². The van der Waals surface area contributed by atoms with Gasteiger partial charge in [0.2, 0.25) is 0 Å². The molecule has 1 aliphatic carbocycles. The molecule has 1 heterocycles. The third kappa shape index (κ3) is 1.70. The van der Waals surface area contributed by atoms with E-state index in [4.69, 9.17) is 4.74 Å². The summed E-state index contributed by atoms with van der Waals surface area (Å²) in [5.41, 5.74) is -0.393. The van der Waals surface area contributed by atoms with Gasteiger partial charge in [0.25, 0.3) is 0 Å². The molecule has 13 heavy (non-hydrogen) atoms. The maximum Gasteiger partial charge on any atom is 0.326 e. The lowest BCUT2D eigenvalue weighted by atomic mass is 9.84. The monoisotopic (exact) mass is 183 g/mol. The van der Waals surface area contributed by atoms with Crippen molar-refractivity contribution >= 4 is 5.97 Å². The predicted molar refractivity (Wildman–Crippen MR) is 49.3 cm³/mol. The van der Waals surface area contributed by atoms with Gasteiger partial charge in [-0.3, -0.25) is 4.79 Å². The maximum atomic E-state index is 11.3. The van der Waals surface area contributed by atoms with Crippen LogP contribution in [0.5, 0.6) is 0 Å². The standard InChI is InChI=1S/C10H17NO2/c1-10(5-6-13-9(10)12)11-7-8-3-2-4-8/h8,11H,2-7H2,1H3. The molecule has 2 fully saturated rings. The summed E-state index contributed by atoms with van der Waals surface area (Å²) in [6.45, 7) is 3.50. The van der Waals surface area contributed by atoms with E-state index >= 15 is 0 Å². The van der Waals surface area contributed by atoms with Crippen LogP contribution >= 0.6 is 0 Å². The molecule has 1 atom stereocenters. The van der Waals surface area contributed by atoms with Crippen LogP contribution in [0.1, 0.15) is 32.6 Å². The van der Waals surface area contributed by atoms with E-state index in [1.807, 2.05) is 6.92 Å². The fourth-order valence-electron chi connectivity index (χ4n) is 1.84. The van der Waals surface area contributed by atoms with Crippen LogP contribution in [0, 0.1) is 5.92 Å². The minimum Gasteiger partial charge on any atom is -0.464 e. The Kier molecular flexibility index (Phi) is 2.28. The second-order valence-corrected chi connectivity index (χ2v) is 4.40. The normalized spacial score (nSPS) is 34.4. The van der Waals surface area contributed by atoms with Crippen LogP contribution in [-0.4, -0.2) is 24.7 Å². The summed E-state index contributed by atoms with van der Waals surface area (Å²) < 4.78 is 4.95. The van der Waals surface area contributed by atoms with Crippen LogP contribution in [0.25, 0.3) is 0 Å². The number of hydrogen-bond donors (Lipinski definition) is 1. The van der Waals surface area contributed by atoms with Crippen molar-refractivity contribution in [1.29, 1.82) is 0 Å². The number of rotatable bonds is 3. The van der Waals surface area contributed by atoms with Gasteiger partial charge in [-0.2, -0.15) is 0 Å². The average Bonchev–Trinajstić information content (AvgIpc) is 2.30. The highest BCUT2D eigenvalue weighted by atomic mass is 16.5. The summed E-state index contributed by atoms with van der Waals surface area (Å²) >= 11 is 0. The number of nitrogens with one attached hydrogen (secondary N) is 1. The van der Waals surface area contributed by atoms with Crippen molar-refractivity contribution in [2.24, 2.45) is 5.92 Å². The van der Waals surface area contributed by atoms with Gasteiger partial charge < -0.3 is 10.1 Å². The van der Waals surface area contributed by atoms with Crippen LogP contribution in [-0.2, 0) is 9.53 Å². The molecule has 0 aromatic rings. The molecule has 0 aromatic carbocycles. The van der Waals surface area contributed by atoms with Gasteiger partial charge in [0, 0.05) is 6.42 Å². The number of cyclic esters (lactones) is 1. The quantitative estimate of drug-likeness (QED) is 0.665. The Morgan fingerprint density at radius 2 is 2.38 bits per heavy atom. The highest BCUT2D eigenvalue weighted by molar-refractivity contribution is 5.82. The van der Waals surface area contributed by atoms with Gasteiger partial charge in [0.05, 0.1) is 6.61 Å². The first-order valence-electron chi connectivity index (χ1n) is 5.13. The molecule has 0 amide bonds. The Morgan fingerprint density at radius 3 is 2.85 bits per heavy atom. The molecule has 3 nitrogen and oxygen atoms in total. The van der Waals surface area contributed by atoms with E-state index in [0.29, 0.717) is 6.61 Å². The molecule has 1 saturated carbocycles. The van der Waals surface area contributed by atoms with Gasteiger partial charge in [-0.15, -0.1) is 0 Å². The number of carbonyl (C=O) groups is 1. The molecule has 1 unspecified atom stereocenters. The first-order chi connectivity index (χ1) is 6.21. The van der Waals surface area contributed by atoms with Gasteiger partial charge in [-0.1, -0.05) is 6.42 Å². The summed E-state index contributed by atoms with van der Waals surface area (Å²) in [6.07, 6.45) is 4.81. The second kappa shape index (κ2) is 3.29. The smallest absolute Gasteiger partial charge is 0.326 e. The SMILES string of the molecule is CC1(NCC2CCC2)CCOC1=O. The van der Waals surface area contributed by atoms with Crippen LogP contribution < -0.4 is 5.32 Å². The van der Waals surface area contributed by atoms with Crippen molar-refractivity contribution < 1.29 is 9.53 Å². The van der Waals surface area contributed by atoms with E-state index in [9.17, 15) is 4.79 Å². The Hall–Kier alpha value is -0.570. The van der Waals surface area contributed by atoms with Gasteiger partial charge in [0.15, 0.2) is 0 Å². The molecule has 0 aromatic heterocycles. The van der Waals surface area contributed by atoms with E-state index in [2.05, 4.69) is 5.32 Å². The van der Waals surface area contributed by atoms with Crippen LogP contribution in [0.3, 0.4) is 0 Å². The Morgan fingerprint density at radius 1 is 1.62 bits per heavy atom. The summed E-state index contributed by atoms with van der Waals surface area (Å²) in [6, 6.07) is 0. The zero-order valence-corrected chi connectivity index (χ0v) is 8.14. The topological polar surface area (TPSA) is 38.3 Å². The zero-order valence-electron chi connectivity index (χ0n) is 8.14. The highest BCUT2D eigenvalue weighted by Gasteiger charge is 2.40. The van der Waals surface area contributed by atoms with E-state index in [1.165, 1.54) is 19.3 Å². The van der Waals surface area contributed by atoms with Crippen molar-refractivity contribution in [1.82, 2.24) is 5.32 Å². The highest BCUT2D eigenvalue weighted by Crippen LogP contribution is 2.27. The summed E-state index contributed by atoms with van der Waals surface area (Å²) in [7, 11) is 0. The average molecular weight is 183 g/mol. The maximum absolute atomic E-state index is 11.3. The summed E-state index contributed by atoms with van der Waals surface area (Å²) in [5.74, 6) is 0.719. The number of hydrogen-bond acceptors (Lipinski definition) is 3. The van der Waals surface area contributed by atoms with Gasteiger partial charge in [0.1, 0.15) is 5.54 Å². The Balaban J connectivity index is 1.81. The van der Waals surface area contributed by atoms with E-state index in [-0.39, 0.29) is 5.97 Å². The minimum atomic E-state index is -0.393. The van der Waals surface area contributed by atoms with E-state index < -0.39 is 5.54 Å². The molecule has 1 N–H and O–H groups in total. The number of ether oxygens (including phenoxy) is 1. The lowest BCUT2D eigenvalue weighted by Crippen LogP contribution is -2.48. The fraction of sp³-hybridized carbons (Fsp3) is 0.900. The van der Waals surface area contributed by atoms with Gasteiger partial charge in [-0.05, 0) is 32.2 Å². The Bertz CT molecular complexity index is 213.